The van der Waals surface area contributed by atoms with Crippen LogP contribution in [0.4, 0.5) is 10.1 Å². The first-order chi connectivity index (χ1) is 6.00. The summed E-state index contributed by atoms with van der Waals surface area (Å²) < 4.78 is 13.1. The predicted octanol–water partition coefficient (Wildman–Crippen LogP) is 3.18. The van der Waals surface area contributed by atoms with Crippen LogP contribution in [0.15, 0.2) is 12.1 Å². The van der Waals surface area contributed by atoms with Crippen molar-refractivity contribution in [1.82, 2.24) is 0 Å². The number of nitrogens with one attached hydrogen (secondary N) is 1. The molecule has 0 atom stereocenters. The van der Waals surface area contributed by atoms with E-state index in [9.17, 15) is 4.39 Å². The van der Waals surface area contributed by atoms with Crippen molar-refractivity contribution in [1.29, 1.82) is 0 Å². The molecule has 0 aromatic heterocycles. The quantitative estimate of drug-likeness (QED) is 0.677. The maximum Gasteiger partial charge on any atom is 0.143 e. The SMILES string of the molecule is CC1(C)CNc2cc(F)c(Cl)cc21. The van der Waals surface area contributed by atoms with Gasteiger partial charge < -0.3 is 5.32 Å². The molecule has 0 spiro atoms. The van der Waals surface area contributed by atoms with Crippen LogP contribution in [-0.4, -0.2) is 6.54 Å². The Balaban J connectivity index is 2.61. The van der Waals surface area contributed by atoms with Crippen molar-refractivity contribution in [3.8, 4) is 0 Å². The largest absolute Gasteiger partial charge is 0.384 e. The third-order valence-corrected chi connectivity index (χ3v) is 2.80. The van der Waals surface area contributed by atoms with Crippen molar-refractivity contribution < 1.29 is 4.39 Å². The first-order valence-corrected chi connectivity index (χ1v) is 4.62. The maximum absolute atomic E-state index is 13.1. The monoisotopic (exact) mass is 199 g/mol. The van der Waals surface area contributed by atoms with Gasteiger partial charge in [-0.05, 0) is 17.7 Å². The van der Waals surface area contributed by atoms with E-state index in [1.54, 1.807) is 6.07 Å². The van der Waals surface area contributed by atoms with E-state index >= 15 is 0 Å². The Hall–Kier alpha value is -0.760. The molecule has 13 heavy (non-hydrogen) atoms. The highest BCUT2D eigenvalue weighted by atomic mass is 35.5. The van der Waals surface area contributed by atoms with Crippen molar-refractivity contribution in [2.45, 2.75) is 19.3 Å². The summed E-state index contributed by atoms with van der Waals surface area (Å²) in [5.41, 5.74) is 2.01. The standard InChI is InChI=1S/C10H11ClFN/c1-10(2)5-13-9-4-8(12)7(11)3-6(9)10/h3-4,13H,5H2,1-2H3. The first-order valence-electron chi connectivity index (χ1n) is 4.24. The lowest BCUT2D eigenvalue weighted by Gasteiger charge is -2.16. The summed E-state index contributed by atoms with van der Waals surface area (Å²) in [6.07, 6.45) is 0. The number of hydrogen-bond donors (Lipinski definition) is 1. The van der Waals surface area contributed by atoms with Gasteiger partial charge in [-0.15, -0.1) is 0 Å². The predicted molar refractivity (Wildman–Crippen MR) is 52.9 cm³/mol. The van der Waals surface area contributed by atoms with Crippen LogP contribution in [0.25, 0.3) is 0 Å². The van der Waals surface area contributed by atoms with Gasteiger partial charge in [-0.1, -0.05) is 25.4 Å². The average molecular weight is 200 g/mol. The molecule has 1 aliphatic rings. The van der Waals surface area contributed by atoms with Crippen LogP contribution >= 0.6 is 11.6 Å². The molecule has 3 heteroatoms. The summed E-state index contributed by atoms with van der Waals surface area (Å²) in [6.45, 7) is 5.06. The number of fused-ring (bicyclic) bond motifs is 1. The number of benzene rings is 1. The van der Waals surface area contributed by atoms with Gasteiger partial charge in [-0.2, -0.15) is 0 Å². The van der Waals surface area contributed by atoms with Gasteiger partial charge in [0.15, 0.2) is 0 Å². The Morgan fingerprint density at radius 3 is 2.85 bits per heavy atom. The molecule has 0 amide bonds. The van der Waals surface area contributed by atoms with Crippen LogP contribution in [0.1, 0.15) is 19.4 Å². The van der Waals surface area contributed by atoms with Crippen molar-refractivity contribution in [2.24, 2.45) is 0 Å². The molecule has 0 saturated heterocycles. The molecule has 1 aromatic rings. The molecule has 1 aromatic carbocycles. The van der Waals surface area contributed by atoms with Crippen LogP contribution in [0.3, 0.4) is 0 Å². The summed E-state index contributed by atoms with van der Waals surface area (Å²) in [6, 6.07) is 3.18. The smallest absolute Gasteiger partial charge is 0.143 e. The molecule has 2 rings (SSSR count). The van der Waals surface area contributed by atoms with Gasteiger partial charge in [-0.3, -0.25) is 0 Å². The minimum absolute atomic E-state index is 0.0483. The number of halogens is 2. The highest BCUT2D eigenvalue weighted by molar-refractivity contribution is 6.30. The minimum Gasteiger partial charge on any atom is -0.384 e. The molecule has 1 aliphatic heterocycles. The Labute approximate surface area is 81.9 Å². The van der Waals surface area contributed by atoms with Gasteiger partial charge in [0.1, 0.15) is 5.82 Å². The van der Waals surface area contributed by atoms with Gasteiger partial charge in [0.25, 0.3) is 0 Å². The first kappa shape index (κ1) is 8.82. The van der Waals surface area contributed by atoms with Gasteiger partial charge in [0, 0.05) is 17.6 Å². The summed E-state index contributed by atoms with van der Waals surface area (Å²) in [4.78, 5) is 0. The van der Waals surface area contributed by atoms with Gasteiger partial charge in [-0.25, -0.2) is 4.39 Å². The Bertz CT molecular complexity index is 360. The van der Waals surface area contributed by atoms with E-state index in [0.717, 1.165) is 17.8 Å². The molecule has 1 nitrogen and oxygen atoms in total. The van der Waals surface area contributed by atoms with Crippen LogP contribution < -0.4 is 5.32 Å². The van der Waals surface area contributed by atoms with Gasteiger partial charge in [0.05, 0.1) is 5.02 Å². The van der Waals surface area contributed by atoms with E-state index in [0.29, 0.717) is 0 Å². The fourth-order valence-electron chi connectivity index (χ4n) is 1.66. The van der Waals surface area contributed by atoms with Crippen molar-refractivity contribution >= 4 is 17.3 Å². The number of rotatable bonds is 0. The van der Waals surface area contributed by atoms with Crippen molar-refractivity contribution in [3.05, 3.63) is 28.5 Å². The van der Waals surface area contributed by atoms with E-state index < -0.39 is 0 Å². The lowest BCUT2D eigenvalue weighted by Crippen LogP contribution is -2.18. The summed E-state index contributed by atoms with van der Waals surface area (Å²) in [5.74, 6) is -0.356. The van der Waals surface area contributed by atoms with E-state index in [2.05, 4.69) is 19.2 Å². The Kier molecular flexibility index (Phi) is 1.77. The lowest BCUT2D eigenvalue weighted by atomic mass is 9.87. The molecule has 0 radical (unpaired) electrons. The van der Waals surface area contributed by atoms with Crippen LogP contribution in [0.2, 0.25) is 5.02 Å². The molecular formula is C10H11ClFN. The topological polar surface area (TPSA) is 12.0 Å². The van der Waals surface area contributed by atoms with Crippen molar-refractivity contribution in [3.63, 3.8) is 0 Å². The van der Waals surface area contributed by atoms with Crippen molar-refractivity contribution in [2.75, 3.05) is 11.9 Å². The van der Waals surface area contributed by atoms with Crippen LogP contribution in [0.5, 0.6) is 0 Å². The molecule has 70 valence electrons. The zero-order chi connectivity index (χ0) is 9.64. The molecule has 1 N–H and O–H groups in total. The van der Waals surface area contributed by atoms with E-state index in [1.807, 2.05) is 0 Å². The summed E-state index contributed by atoms with van der Waals surface area (Å²) in [7, 11) is 0. The highest BCUT2D eigenvalue weighted by Crippen LogP contribution is 2.38. The Morgan fingerprint density at radius 1 is 1.46 bits per heavy atom. The third-order valence-electron chi connectivity index (χ3n) is 2.51. The maximum atomic E-state index is 13.1. The number of anilines is 1. The second kappa shape index (κ2) is 2.61. The summed E-state index contributed by atoms with van der Waals surface area (Å²) in [5, 5.41) is 3.36. The molecule has 0 bridgehead atoms. The van der Waals surface area contributed by atoms with Gasteiger partial charge in [0.2, 0.25) is 0 Å². The van der Waals surface area contributed by atoms with Gasteiger partial charge >= 0.3 is 0 Å². The third kappa shape index (κ3) is 1.29. The summed E-state index contributed by atoms with van der Waals surface area (Å²) >= 11 is 5.72. The number of hydrogen-bond acceptors (Lipinski definition) is 1. The van der Waals surface area contributed by atoms with Crippen LogP contribution in [-0.2, 0) is 5.41 Å². The average Bonchev–Trinajstić information content (AvgIpc) is 2.31. The normalized spacial score (nSPS) is 18.2. The molecule has 0 fully saturated rings. The second-order valence-corrected chi connectivity index (χ2v) is 4.46. The fourth-order valence-corrected chi connectivity index (χ4v) is 1.83. The van der Waals surface area contributed by atoms with E-state index in [-0.39, 0.29) is 16.3 Å². The highest BCUT2D eigenvalue weighted by Gasteiger charge is 2.30. The fraction of sp³-hybridized carbons (Fsp3) is 0.400. The van der Waals surface area contributed by atoms with Crippen LogP contribution in [0, 0.1) is 5.82 Å². The Morgan fingerprint density at radius 2 is 2.15 bits per heavy atom. The zero-order valence-corrected chi connectivity index (χ0v) is 8.37. The van der Waals surface area contributed by atoms with E-state index in [1.165, 1.54) is 6.07 Å². The molecule has 0 saturated carbocycles. The molecule has 0 unspecified atom stereocenters. The second-order valence-electron chi connectivity index (χ2n) is 4.05. The molecular weight excluding hydrogens is 189 g/mol. The lowest BCUT2D eigenvalue weighted by molar-refractivity contribution is 0.584. The minimum atomic E-state index is -0.356. The zero-order valence-electron chi connectivity index (χ0n) is 7.62. The van der Waals surface area contributed by atoms with E-state index in [4.69, 9.17) is 11.6 Å². The molecule has 1 heterocycles. The molecule has 0 aliphatic carbocycles.